The highest BCUT2D eigenvalue weighted by molar-refractivity contribution is 6.30. The molecule has 0 aliphatic heterocycles. The molecule has 4 aromatic carbocycles. The highest BCUT2D eigenvalue weighted by atomic mass is 35.5. The number of nitro groups is 1. The Kier molecular flexibility index (Phi) is 6.28. The van der Waals surface area contributed by atoms with Crippen molar-refractivity contribution in [3.05, 3.63) is 105 Å². The molecule has 36 heavy (non-hydrogen) atoms. The Bertz CT molecular complexity index is 1690. The predicted octanol–water partition coefficient (Wildman–Crippen LogP) is 7.26. The van der Waals surface area contributed by atoms with Crippen LogP contribution in [0.1, 0.15) is 0 Å². The summed E-state index contributed by atoms with van der Waals surface area (Å²) in [5.74, 6) is 1.48. The summed E-state index contributed by atoms with van der Waals surface area (Å²) >= 11 is 11.7. The first-order valence-corrected chi connectivity index (χ1v) is 11.5. The van der Waals surface area contributed by atoms with Crippen LogP contribution >= 0.6 is 23.2 Å². The molecule has 0 fully saturated rings. The van der Waals surface area contributed by atoms with Crippen molar-refractivity contribution in [3.8, 4) is 22.8 Å². The molecule has 0 unspecified atom stereocenters. The average Bonchev–Trinajstić information content (AvgIpc) is 3.48. The molecular formula is C26H18Cl2N6O2. The zero-order valence-electron chi connectivity index (χ0n) is 18.6. The van der Waals surface area contributed by atoms with E-state index in [-0.39, 0.29) is 5.69 Å². The van der Waals surface area contributed by atoms with Gasteiger partial charge in [0.15, 0.2) is 0 Å². The predicted molar refractivity (Wildman–Crippen MR) is 144 cm³/mol. The van der Waals surface area contributed by atoms with E-state index >= 15 is 0 Å². The van der Waals surface area contributed by atoms with Crippen LogP contribution in [-0.4, -0.2) is 24.9 Å². The van der Waals surface area contributed by atoms with E-state index in [0.717, 1.165) is 33.7 Å². The number of nitrogen functional groups attached to an aromatic ring is 1. The van der Waals surface area contributed by atoms with E-state index in [0.29, 0.717) is 26.9 Å². The smallest absolute Gasteiger partial charge is 0.271 e. The van der Waals surface area contributed by atoms with E-state index in [4.69, 9.17) is 28.9 Å². The van der Waals surface area contributed by atoms with Crippen LogP contribution in [0.5, 0.6) is 0 Å². The Hall–Kier alpha value is -4.40. The van der Waals surface area contributed by atoms with Crippen LogP contribution in [0.15, 0.2) is 84.9 Å². The molecule has 0 aliphatic carbocycles. The highest BCUT2D eigenvalue weighted by Crippen LogP contribution is 2.25. The minimum Gasteiger partial charge on any atom is -0.399 e. The fourth-order valence-electron chi connectivity index (χ4n) is 3.63. The molecule has 0 aliphatic rings. The largest absolute Gasteiger partial charge is 0.399 e. The number of nitrogens with zero attached hydrogens (tertiary/aromatic N) is 3. The molecule has 4 N–H and O–H groups in total. The van der Waals surface area contributed by atoms with E-state index < -0.39 is 4.92 Å². The number of hydrogen-bond acceptors (Lipinski definition) is 5. The zero-order chi connectivity index (χ0) is 25.2. The summed E-state index contributed by atoms with van der Waals surface area (Å²) in [5.41, 5.74) is 11.5. The monoisotopic (exact) mass is 516 g/mol. The number of H-pyrrole nitrogens is 2. The summed E-state index contributed by atoms with van der Waals surface area (Å²) in [5, 5.41) is 12.1. The molecule has 0 spiro atoms. The number of rotatable bonds is 3. The standard InChI is InChI=1S/C13H8ClN3O2.C13H10ClN3/c14-9-3-1-8(2-4-9)13-15-11-6-5-10(17(18)19)7-12(11)16-13;14-9-3-1-8(2-4-9)13-16-11-6-5-10(15)7-12(11)17-13/h1-7H,(H,15,16);1-7H,15H2,(H,16,17). The lowest BCUT2D eigenvalue weighted by Crippen LogP contribution is -1.86. The lowest BCUT2D eigenvalue weighted by Gasteiger charge is -1.95. The Labute approximate surface area is 214 Å². The van der Waals surface area contributed by atoms with Gasteiger partial charge in [0.25, 0.3) is 5.69 Å². The molecule has 8 nitrogen and oxygen atoms in total. The van der Waals surface area contributed by atoms with Crippen molar-refractivity contribution in [2.24, 2.45) is 0 Å². The second-order valence-electron chi connectivity index (χ2n) is 7.92. The zero-order valence-corrected chi connectivity index (χ0v) is 20.1. The maximum absolute atomic E-state index is 10.7. The van der Waals surface area contributed by atoms with E-state index in [2.05, 4.69) is 19.9 Å². The first-order chi connectivity index (χ1) is 17.4. The van der Waals surface area contributed by atoms with E-state index in [1.165, 1.54) is 12.1 Å². The number of fused-ring (bicyclic) bond motifs is 2. The van der Waals surface area contributed by atoms with Crippen LogP contribution < -0.4 is 5.73 Å². The number of aromatic amines is 2. The quantitative estimate of drug-likeness (QED) is 0.129. The van der Waals surface area contributed by atoms with Gasteiger partial charge in [-0.25, -0.2) is 9.97 Å². The molecule has 0 bridgehead atoms. The summed E-state index contributed by atoms with van der Waals surface area (Å²) < 4.78 is 0. The minimum absolute atomic E-state index is 0.0406. The summed E-state index contributed by atoms with van der Waals surface area (Å²) in [6.45, 7) is 0. The number of imidazole rings is 2. The van der Waals surface area contributed by atoms with Gasteiger partial charge in [0, 0.05) is 39.0 Å². The summed E-state index contributed by atoms with van der Waals surface area (Å²) in [6, 6.07) is 24.9. The van der Waals surface area contributed by atoms with Gasteiger partial charge in [-0.1, -0.05) is 23.2 Å². The van der Waals surface area contributed by atoms with Gasteiger partial charge < -0.3 is 15.7 Å². The minimum atomic E-state index is -0.428. The summed E-state index contributed by atoms with van der Waals surface area (Å²) in [4.78, 5) is 25.5. The number of nitro benzene ring substituents is 1. The van der Waals surface area contributed by atoms with Gasteiger partial charge in [0.2, 0.25) is 0 Å². The van der Waals surface area contributed by atoms with Crippen molar-refractivity contribution in [2.75, 3.05) is 5.73 Å². The first-order valence-electron chi connectivity index (χ1n) is 10.8. The van der Waals surface area contributed by atoms with Crippen LogP contribution in [0.25, 0.3) is 44.8 Å². The van der Waals surface area contributed by atoms with E-state index in [1.54, 1.807) is 18.2 Å². The van der Waals surface area contributed by atoms with Gasteiger partial charge in [-0.3, -0.25) is 10.1 Å². The first kappa shape index (κ1) is 23.3. The van der Waals surface area contributed by atoms with Gasteiger partial charge in [-0.15, -0.1) is 0 Å². The molecule has 178 valence electrons. The molecule has 2 aromatic heterocycles. The number of hydrogen-bond donors (Lipinski definition) is 3. The number of anilines is 1. The molecule has 0 saturated heterocycles. The molecule has 0 amide bonds. The topological polar surface area (TPSA) is 127 Å². The van der Waals surface area contributed by atoms with Crippen LogP contribution in [0.3, 0.4) is 0 Å². The lowest BCUT2D eigenvalue weighted by molar-refractivity contribution is -0.384. The third kappa shape index (κ3) is 5.00. The van der Waals surface area contributed by atoms with Crippen molar-refractivity contribution < 1.29 is 4.92 Å². The van der Waals surface area contributed by atoms with Crippen molar-refractivity contribution in [1.82, 2.24) is 19.9 Å². The van der Waals surface area contributed by atoms with Gasteiger partial charge in [0.05, 0.1) is 27.0 Å². The van der Waals surface area contributed by atoms with Crippen LogP contribution in [0.4, 0.5) is 11.4 Å². The fourth-order valence-corrected chi connectivity index (χ4v) is 3.88. The maximum atomic E-state index is 10.7. The molecule has 0 atom stereocenters. The van der Waals surface area contributed by atoms with Gasteiger partial charge >= 0.3 is 0 Å². The second kappa shape index (κ2) is 9.69. The SMILES string of the molecule is Nc1ccc2nc(-c3ccc(Cl)cc3)[nH]c2c1.O=[N+]([O-])c1ccc2nc(-c3ccc(Cl)cc3)[nH]c2c1. The van der Waals surface area contributed by atoms with Crippen molar-refractivity contribution in [1.29, 1.82) is 0 Å². The average molecular weight is 517 g/mol. The van der Waals surface area contributed by atoms with Crippen molar-refractivity contribution >= 4 is 56.6 Å². The van der Waals surface area contributed by atoms with Crippen LogP contribution in [-0.2, 0) is 0 Å². The highest BCUT2D eigenvalue weighted by Gasteiger charge is 2.10. The number of halogens is 2. The lowest BCUT2D eigenvalue weighted by atomic mass is 10.2. The Morgan fingerprint density at radius 1 is 0.694 bits per heavy atom. The fraction of sp³-hybridized carbons (Fsp3) is 0. The Morgan fingerprint density at radius 3 is 1.67 bits per heavy atom. The van der Waals surface area contributed by atoms with Gasteiger partial charge in [0.1, 0.15) is 11.6 Å². The molecule has 0 saturated carbocycles. The van der Waals surface area contributed by atoms with Crippen LogP contribution in [0.2, 0.25) is 10.0 Å². The summed E-state index contributed by atoms with van der Waals surface area (Å²) in [6.07, 6.45) is 0. The van der Waals surface area contributed by atoms with Crippen LogP contribution in [0, 0.1) is 10.1 Å². The number of non-ortho nitro benzene ring substituents is 1. The van der Waals surface area contributed by atoms with Gasteiger partial charge in [-0.2, -0.15) is 0 Å². The van der Waals surface area contributed by atoms with Crippen molar-refractivity contribution in [3.63, 3.8) is 0 Å². The normalized spacial score (nSPS) is 10.8. The Balaban J connectivity index is 0.000000149. The van der Waals surface area contributed by atoms with Crippen molar-refractivity contribution in [2.45, 2.75) is 0 Å². The molecule has 6 aromatic rings. The molecular weight excluding hydrogens is 499 g/mol. The molecule has 0 radical (unpaired) electrons. The Morgan fingerprint density at radius 2 is 1.17 bits per heavy atom. The third-order valence-corrected chi connectivity index (χ3v) is 5.92. The molecule has 2 heterocycles. The molecule has 10 heteroatoms. The number of benzene rings is 4. The van der Waals surface area contributed by atoms with E-state index in [9.17, 15) is 10.1 Å². The maximum Gasteiger partial charge on any atom is 0.271 e. The number of nitrogens with two attached hydrogens (primary N) is 1. The number of nitrogens with one attached hydrogen (secondary N) is 2. The summed E-state index contributed by atoms with van der Waals surface area (Å²) in [7, 11) is 0. The number of aromatic nitrogens is 4. The van der Waals surface area contributed by atoms with E-state index in [1.807, 2.05) is 54.6 Å². The third-order valence-electron chi connectivity index (χ3n) is 5.42. The second-order valence-corrected chi connectivity index (χ2v) is 8.79. The van der Waals surface area contributed by atoms with Gasteiger partial charge in [-0.05, 0) is 72.8 Å². The molecule has 6 rings (SSSR count).